The Labute approximate surface area is 239 Å². The van der Waals surface area contributed by atoms with Crippen molar-refractivity contribution in [3.05, 3.63) is 0 Å². The monoisotopic (exact) mass is 584 g/mol. The minimum Gasteiger partial charge on any atom is -0.377 e. The molecule has 9 heteroatoms. The molecule has 0 aromatic heterocycles. The van der Waals surface area contributed by atoms with Crippen LogP contribution in [0.3, 0.4) is 0 Å². The Bertz CT molecular complexity index is 420. The van der Waals surface area contributed by atoms with E-state index in [2.05, 4.69) is 19.6 Å². The molecule has 0 radical (unpaired) electrons. The van der Waals surface area contributed by atoms with Gasteiger partial charge in [0.1, 0.15) is 0 Å². The second-order valence-corrected chi connectivity index (χ2v) is 15.7. The summed E-state index contributed by atoms with van der Waals surface area (Å²) in [5.74, 6) is 0.838. The Hall–Kier alpha value is 0.544. The fourth-order valence-electron chi connectivity index (χ4n) is 4.39. The van der Waals surface area contributed by atoms with Gasteiger partial charge in [-0.15, -0.1) is 0 Å². The summed E-state index contributed by atoms with van der Waals surface area (Å²) in [5.41, 5.74) is 0. The number of hydrogen-bond donors (Lipinski definition) is 1. The third-order valence-corrected chi connectivity index (χ3v) is 12.8. The number of unbranched alkanes of at least 4 members (excludes halogenated alkanes) is 13. The van der Waals surface area contributed by atoms with E-state index in [0.717, 1.165) is 24.3 Å². The van der Waals surface area contributed by atoms with Crippen molar-refractivity contribution in [2.45, 2.75) is 136 Å². The van der Waals surface area contributed by atoms with E-state index in [1.165, 1.54) is 89.9 Å². The highest BCUT2D eigenvalue weighted by Gasteiger charge is 2.39. The van der Waals surface area contributed by atoms with Crippen LogP contribution >= 0.6 is 12.6 Å². The SMILES string of the molecule is CCCCCCCCCCCCCCCC[Si](OCC)(OCC)OCC.CO[Si](CCCS)(OC)OC. The summed E-state index contributed by atoms with van der Waals surface area (Å²) in [4.78, 5) is 0. The minimum atomic E-state index is -2.40. The molecule has 0 fully saturated rings. The molecule has 0 atom stereocenters. The van der Waals surface area contributed by atoms with Gasteiger partial charge in [0.15, 0.2) is 0 Å². The van der Waals surface area contributed by atoms with Crippen LogP contribution in [0.15, 0.2) is 0 Å². The summed E-state index contributed by atoms with van der Waals surface area (Å²) in [6, 6.07) is 1.81. The first-order chi connectivity index (χ1) is 18.0. The van der Waals surface area contributed by atoms with Gasteiger partial charge in [-0.3, -0.25) is 0 Å². The maximum Gasteiger partial charge on any atom is 0.500 e. The zero-order chi connectivity index (χ0) is 28.1. The number of rotatable bonds is 27. The molecule has 0 aromatic carbocycles. The zero-order valence-electron chi connectivity index (χ0n) is 25.7. The average Bonchev–Trinajstić information content (AvgIpc) is 2.91. The molecule has 0 unspecified atom stereocenters. The summed E-state index contributed by atoms with van der Waals surface area (Å²) < 4.78 is 33.4. The summed E-state index contributed by atoms with van der Waals surface area (Å²) in [6.45, 7) is 10.4. The van der Waals surface area contributed by atoms with Gasteiger partial charge in [-0.2, -0.15) is 12.6 Å². The predicted octanol–water partition coefficient (Wildman–Crippen LogP) is 8.70. The van der Waals surface area contributed by atoms with E-state index in [-0.39, 0.29) is 0 Å². The van der Waals surface area contributed by atoms with Crippen LogP contribution in [-0.4, -0.2) is 64.5 Å². The molecule has 0 heterocycles. The molecule has 37 heavy (non-hydrogen) atoms. The molecule has 0 bridgehead atoms. The van der Waals surface area contributed by atoms with Crippen LogP contribution < -0.4 is 0 Å². The van der Waals surface area contributed by atoms with E-state index < -0.39 is 17.6 Å². The van der Waals surface area contributed by atoms with Gasteiger partial charge < -0.3 is 26.6 Å². The largest absolute Gasteiger partial charge is 0.500 e. The van der Waals surface area contributed by atoms with Crippen LogP contribution in [0, 0.1) is 0 Å². The second-order valence-electron chi connectivity index (χ2n) is 9.45. The molecule has 0 rings (SSSR count). The third kappa shape index (κ3) is 23.0. The molecule has 0 saturated carbocycles. The number of hydrogen-bond acceptors (Lipinski definition) is 7. The van der Waals surface area contributed by atoms with Crippen LogP contribution in [0.1, 0.15) is 124 Å². The van der Waals surface area contributed by atoms with Gasteiger partial charge in [0.25, 0.3) is 0 Å². The summed E-state index contributed by atoms with van der Waals surface area (Å²) in [6.07, 6.45) is 20.4. The zero-order valence-corrected chi connectivity index (χ0v) is 28.6. The Morgan fingerprint density at radius 1 is 0.432 bits per heavy atom. The first-order valence-corrected chi connectivity index (χ1v) is 19.7. The van der Waals surface area contributed by atoms with Crippen molar-refractivity contribution in [1.82, 2.24) is 0 Å². The molecule has 0 spiro atoms. The van der Waals surface area contributed by atoms with Gasteiger partial charge in [0, 0.05) is 53.2 Å². The molecule has 6 nitrogen and oxygen atoms in total. The fourth-order valence-corrected chi connectivity index (χ4v) is 9.25. The lowest BCUT2D eigenvalue weighted by Gasteiger charge is -2.28. The highest BCUT2D eigenvalue weighted by molar-refractivity contribution is 7.80. The maximum absolute atomic E-state index is 5.92. The minimum absolute atomic E-state index is 0.685. The first-order valence-electron chi connectivity index (χ1n) is 15.2. The topological polar surface area (TPSA) is 55.4 Å². The summed E-state index contributed by atoms with van der Waals surface area (Å²) in [7, 11) is 0.183. The van der Waals surface area contributed by atoms with Crippen molar-refractivity contribution in [2.24, 2.45) is 0 Å². The van der Waals surface area contributed by atoms with Gasteiger partial charge in [-0.1, -0.05) is 90.4 Å². The molecular formula is C28H64O6SSi2. The van der Waals surface area contributed by atoms with E-state index >= 15 is 0 Å². The molecule has 0 saturated heterocycles. The lowest BCUT2D eigenvalue weighted by molar-refractivity contribution is 0.0706. The lowest BCUT2D eigenvalue weighted by atomic mass is 10.0. The highest BCUT2D eigenvalue weighted by Crippen LogP contribution is 2.21. The van der Waals surface area contributed by atoms with Crippen LogP contribution in [0.25, 0.3) is 0 Å². The standard InChI is InChI=1S/C22H48O3Si.C6H16O3SSi/c1-5-9-10-11-12-13-14-15-16-17-18-19-20-21-22-26(23-6-2,24-7-3)25-8-4;1-7-11(8-2,9-3)6-4-5-10/h5-22H2,1-4H3;10H,4-6H2,1-3H3. The molecule has 0 aliphatic rings. The third-order valence-electron chi connectivity index (χ3n) is 6.50. The van der Waals surface area contributed by atoms with Crippen molar-refractivity contribution in [3.63, 3.8) is 0 Å². The van der Waals surface area contributed by atoms with Crippen molar-refractivity contribution in [2.75, 3.05) is 46.9 Å². The first kappa shape index (κ1) is 39.7. The Morgan fingerprint density at radius 3 is 1.05 bits per heavy atom. The van der Waals surface area contributed by atoms with Crippen LogP contribution in [0.4, 0.5) is 0 Å². The van der Waals surface area contributed by atoms with Gasteiger partial charge in [0.2, 0.25) is 0 Å². The Kier molecular flexibility index (Phi) is 31.7. The quantitative estimate of drug-likeness (QED) is 0.0592. The van der Waals surface area contributed by atoms with E-state index in [9.17, 15) is 0 Å². The predicted molar refractivity (Wildman–Crippen MR) is 166 cm³/mol. The molecule has 0 N–H and O–H groups in total. The Balaban J connectivity index is 0. The smallest absolute Gasteiger partial charge is 0.377 e. The molecule has 0 aromatic rings. The average molecular weight is 585 g/mol. The van der Waals surface area contributed by atoms with Crippen molar-refractivity contribution >= 4 is 30.2 Å². The normalized spacial score (nSPS) is 12.0. The molecule has 0 aliphatic carbocycles. The van der Waals surface area contributed by atoms with E-state index in [1.54, 1.807) is 21.3 Å². The van der Waals surface area contributed by atoms with Crippen LogP contribution in [0.2, 0.25) is 12.1 Å². The molecule has 226 valence electrons. The van der Waals surface area contributed by atoms with Gasteiger partial charge in [-0.25, -0.2) is 0 Å². The number of thiol groups is 1. The summed E-state index contributed by atoms with van der Waals surface area (Å²) >= 11 is 4.10. The summed E-state index contributed by atoms with van der Waals surface area (Å²) in [5, 5.41) is 0. The second kappa shape index (κ2) is 29.5. The molecular weight excluding hydrogens is 521 g/mol. The van der Waals surface area contributed by atoms with Crippen LogP contribution in [-0.2, 0) is 26.6 Å². The van der Waals surface area contributed by atoms with Crippen molar-refractivity contribution < 1.29 is 26.6 Å². The fraction of sp³-hybridized carbons (Fsp3) is 1.00. The van der Waals surface area contributed by atoms with Crippen molar-refractivity contribution in [1.29, 1.82) is 0 Å². The molecule has 0 aliphatic heterocycles. The van der Waals surface area contributed by atoms with E-state index in [4.69, 9.17) is 26.6 Å². The molecule has 0 amide bonds. The van der Waals surface area contributed by atoms with Gasteiger partial charge in [0.05, 0.1) is 0 Å². The van der Waals surface area contributed by atoms with Crippen molar-refractivity contribution in [3.8, 4) is 0 Å². The van der Waals surface area contributed by atoms with Gasteiger partial charge >= 0.3 is 17.6 Å². The van der Waals surface area contributed by atoms with Crippen LogP contribution in [0.5, 0.6) is 0 Å². The lowest BCUT2D eigenvalue weighted by Crippen LogP contribution is -2.45. The van der Waals surface area contributed by atoms with E-state index in [0.29, 0.717) is 19.8 Å². The van der Waals surface area contributed by atoms with E-state index in [1.807, 2.05) is 20.8 Å². The van der Waals surface area contributed by atoms with Gasteiger partial charge in [-0.05, 0) is 39.4 Å². The Morgan fingerprint density at radius 2 is 0.757 bits per heavy atom. The maximum atomic E-state index is 5.92. The highest BCUT2D eigenvalue weighted by atomic mass is 32.1.